The fraction of sp³-hybridized carbons (Fsp3) is 0.750. The molecule has 52 valence electrons. The number of rotatable bonds is 4. The van der Waals surface area contributed by atoms with Gasteiger partial charge in [0.05, 0.1) is 12.7 Å². The first-order valence-corrected chi connectivity index (χ1v) is 3.57. The monoisotopic (exact) mass is 126 g/mol. The summed E-state index contributed by atoms with van der Waals surface area (Å²) in [6.07, 6.45) is 4.98. The fourth-order valence-electron chi connectivity index (χ4n) is 0.922. The molecule has 0 aromatic carbocycles. The zero-order chi connectivity index (χ0) is 6.69. The van der Waals surface area contributed by atoms with Crippen molar-refractivity contribution in [3.63, 3.8) is 0 Å². The van der Waals surface area contributed by atoms with Crippen LogP contribution in [0.4, 0.5) is 0 Å². The van der Waals surface area contributed by atoms with E-state index < -0.39 is 0 Å². The Kier molecular flexibility index (Phi) is 2.29. The Hall–Kier alpha value is -0.300. The van der Waals surface area contributed by atoms with E-state index in [4.69, 9.17) is 4.74 Å². The minimum absolute atomic E-state index is 0.461. The van der Waals surface area contributed by atoms with Crippen LogP contribution in [0.2, 0.25) is 0 Å². The number of hydrogen-bond acceptors (Lipinski definition) is 1. The molecular formula is C8H14O. The summed E-state index contributed by atoms with van der Waals surface area (Å²) in [6.45, 7) is 6.43. The molecule has 0 saturated heterocycles. The minimum atomic E-state index is 0.461. The quantitative estimate of drug-likeness (QED) is 0.523. The van der Waals surface area contributed by atoms with Gasteiger partial charge in [0.1, 0.15) is 0 Å². The van der Waals surface area contributed by atoms with E-state index >= 15 is 0 Å². The Labute approximate surface area is 56.7 Å². The van der Waals surface area contributed by atoms with Crippen LogP contribution in [0.3, 0.4) is 0 Å². The van der Waals surface area contributed by atoms with Gasteiger partial charge < -0.3 is 4.74 Å². The van der Waals surface area contributed by atoms with Crippen molar-refractivity contribution < 1.29 is 4.74 Å². The van der Waals surface area contributed by atoms with Crippen LogP contribution < -0.4 is 0 Å². The second kappa shape index (κ2) is 3.02. The first-order chi connectivity index (χ1) is 4.34. The van der Waals surface area contributed by atoms with Crippen molar-refractivity contribution in [3.05, 3.63) is 12.7 Å². The van der Waals surface area contributed by atoms with Crippen molar-refractivity contribution in [1.29, 1.82) is 0 Å². The van der Waals surface area contributed by atoms with Gasteiger partial charge in [-0.1, -0.05) is 6.08 Å². The molecule has 9 heavy (non-hydrogen) atoms. The molecule has 0 aliphatic heterocycles. The Morgan fingerprint density at radius 3 is 2.89 bits per heavy atom. The van der Waals surface area contributed by atoms with Crippen molar-refractivity contribution in [3.8, 4) is 0 Å². The molecule has 0 aromatic heterocycles. The zero-order valence-corrected chi connectivity index (χ0v) is 5.97. The van der Waals surface area contributed by atoms with E-state index in [0.29, 0.717) is 12.7 Å². The van der Waals surface area contributed by atoms with Gasteiger partial charge in [-0.3, -0.25) is 0 Å². The number of ether oxygens (including phenoxy) is 1. The van der Waals surface area contributed by atoms with Crippen molar-refractivity contribution in [1.82, 2.24) is 0 Å². The summed E-state index contributed by atoms with van der Waals surface area (Å²) >= 11 is 0. The van der Waals surface area contributed by atoms with Gasteiger partial charge in [0, 0.05) is 0 Å². The van der Waals surface area contributed by atoms with Gasteiger partial charge in [0.25, 0.3) is 0 Å². The number of hydrogen-bond donors (Lipinski definition) is 0. The second-order valence-corrected chi connectivity index (χ2v) is 2.66. The lowest BCUT2D eigenvalue weighted by atomic mass is 10.3. The van der Waals surface area contributed by atoms with Crippen LogP contribution >= 0.6 is 0 Å². The van der Waals surface area contributed by atoms with Gasteiger partial charge in [-0.2, -0.15) is 0 Å². The van der Waals surface area contributed by atoms with E-state index in [2.05, 4.69) is 13.5 Å². The summed E-state index contributed by atoms with van der Waals surface area (Å²) in [6, 6.07) is 0. The van der Waals surface area contributed by atoms with E-state index in [-0.39, 0.29) is 0 Å². The average molecular weight is 126 g/mol. The molecule has 0 heterocycles. The molecule has 0 amide bonds. The Bertz CT molecular complexity index is 94.7. The standard InChI is InChI=1S/C8H14O/c1-3-6-9-7(2)8-4-5-8/h3,7-8H,1,4-6H2,2H3. The predicted octanol–water partition coefficient (Wildman–Crippen LogP) is 1.99. The normalized spacial score (nSPS) is 21.4. The Morgan fingerprint density at radius 1 is 1.78 bits per heavy atom. The van der Waals surface area contributed by atoms with Crippen molar-refractivity contribution >= 4 is 0 Å². The van der Waals surface area contributed by atoms with Crippen LogP contribution in [-0.2, 0) is 4.74 Å². The van der Waals surface area contributed by atoms with Gasteiger partial charge in [-0.15, -0.1) is 6.58 Å². The molecule has 1 nitrogen and oxygen atoms in total. The van der Waals surface area contributed by atoms with Crippen LogP contribution in [0, 0.1) is 5.92 Å². The van der Waals surface area contributed by atoms with E-state index in [9.17, 15) is 0 Å². The largest absolute Gasteiger partial charge is 0.374 e. The predicted molar refractivity (Wildman–Crippen MR) is 38.3 cm³/mol. The van der Waals surface area contributed by atoms with E-state index in [1.807, 2.05) is 0 Å². The molecule has 1 atom stereocenters. The zero-order valence-electron chi connectivity index (χ0n) is 5.97. The van der Waals surface area contributed by atoms with Gasteiger partial charge >= 0.3 is 0 Å². The Balaban J connectivity index is 2.02. The van der Waals surface area contributed by atoms with E-state index in [1.165, 1.54) is 12.8 Å². The first kappa shape index (κ1) is 6.81. The molecule has 1 fully saturated rings. The topological polar surface area (TPSA) is 9.23 Å². The molecule has 1 unspecified atom stereocenters. The molecule has 1 heteroatoms. The minimum Gasteiger partial charge on any atom is -0.374 e. The highest BCUT2D eigenvalue weighted by atomic mass is 16.5. The van der Waals surface area contributed by atoms with Crippen molar-refractivity contribution in [2.45, 2.75) is 25.9 Å². The fourth-order valence-corrected chi connectivity index (χ4v) is 0.922. The lowest BCUT2D eigenvalue weighted by Crippen LogP contribution is -2.09. The summed E-state index contributed by atoms with van der Waals surface area (Å²) in [5, 5.41) is 0. The maximum absolute atomic E-state index is 5.40. The summed E-state index contributed by atoms with van der Waals surface area (Å²) in [5.41, 5.74) is 0. The average Bonchev–Trinajstić information content (AvgIpc) is 2.63. The van der Waals surface area contributed by atoms with Gasteiger partial charge in [0.15, 0.2) is 0 Å². The molecule has 0 spiro atoms. The molecular weight excluding hydrogens is 112 g/mol. The second-order valence-electron chi connectivity index (χ2n) is 2.66. The Morgan fingerprint density at radius 2 is 2.44 bits per heavy atom. The highest BCUT2D eigenvalue weighted by Gasteiger charge is 2.27. The molecule has 0 aromatic rings. The van der Waals surface area contributed by atoms with Gasteiger partial charge in [0.2, 0.25) is 0 Å². The molecule has 1 aliphatic carbocycles. The third-order valence-corrected chi connectivity index (χ3v) is 1.76. The SMILES string of the molecule is C=CCOC(C)C1CC1. The van der Waals surface area contributed by atoms with E-state index in [1.54, 1.807) is 6.08 Å². The van der Waals surface area contributed by atoms with E-state index in [0.717, 1.165) is 5.92 Å². The summed E-state index contributed by atoms with van der Waals surface area (Å²) in [7, 11) is 0. The van der Waals surface area contributed by atoms with Crippen LogP contribution in [-0.4, -0.2) is 12.7 Å². The van der Waals surface area contributed by atoms with Crippen LogP contribution in [0.25, 0.3) is 0 Å². The lowest BCUT2D eigenvalue weighted by molar-refractivity contribution is 0.0723. The smallest absolute Gasteiger partial charge is 0.0648 e. The lowest BCUT2D eigenvalue weighted by Gasteiger charge is -2.08. The highest BCUT2D eigenvalue weighted by Crippen LogP contribution is 2.33. The summed E-state index contributed by atoms with van der Waals surface area (Å²) in [5.74, 6) is 0.852. The molecule has 0 N–H and O–H groups in total. The first-order valence-electron chi connectivity index (χ1n) is 3.57. The van der Waals surface area contributed by atoms with Crippen molar-refractivity contribution in [2.75, 3.05) is 6.61 Å². The molecule has 0 radical (unpaired) electrons. The maximum Gasteiger partial charge on any atom is 0.0648 e. The third-order valence-electron chi connectivity index (χ3n) is 1.76. The maximum atomic E-state index is 5.40. The van der Waals surface area contributed by atoms with Crippen molar-refractivity contribution in [2.24, 2.45) is 5.92 Å². The molecule has 1 saturated carbocycles. The van der Waals surface area contributed by atoms with Crippen LogP contribution in [0.1, 0.15) is 19.8 Å². The summed E-state index contributed by atoms with van der Waals surface area (Å²) in [4.78, 5) is 0. The van der Waals surface area contributed by atoms with Crippen LogP contribution in [0.5, 0.6) is 0 Å². The summed E-state index contributed by atoms with van der Waals surface area (Å²) < 4.78 is 5.40. The third kappa shape index (κ3) is 2.19. The van der Waals surface area contributed by atoms with Gasteiger partial charge in [-0.05, 0) is 25.7 Å². The molecule has 1 rings (SSSR count). The molecule has 1 aliphatic rings. The van der Waals surface area contributed by atoms with Crippen LogP contribution in [0.15, 0.2) is 12.7 Å². The highest BCUT2D eigenvalue weighted by molar-refractivity contribution is 4.80. The molecule has 0 bridgehead atoms. The van der Waals surface area contributed by atoms with Gasteiger partial charge in [-0.25, -0.2) is 0 Å².